The van der Waals surface area contributed by atoms with Gasteiger partial charge in [0.2, 0.25) is 5.89 Å². The molecule has 2 nitrogen and oxygen atoms in total. The number of aromatic nitrogens is 1. The zero-order chi connectivity index (χ0) is 13.6. The van der Waals surface area contributed by atoms with Crippen LogP contribution in [0.15, 0.2) is 39.2 Å². The van der Waals surface area contributed by atoms with Gasteiger partial charge >= 0.3 is 0 Å². The van der Waals surface area contributed by atoms with E-state index < -0.39 is 0 Å². The molecule has 1 heterocycles. The third-order valence-corrected chi connectivity index (χ3v) is 4.61. The highest BCUT2D eigenvalue weighted by molar-refractivity contribution is 9.10. The number of nitrogens with zero attached hydrogens (tertiary/aromatic N) is 1. The molecule has 0 spiro atoms. The van der Waals surface area contributed by atoms with Crippen molar-refractivity contribution in [2.24, 2.45) is 0 Å². The zero-order valence-electron chi connectivity index (χ0n) is 9.88. The maximum Gasteiger partial charge on any atom is 0.228 e. The molecule has 0 unspecified atom stereocenters. The zero-order valence-corrected chi connectivity index (χ0v) is 13.0. The highest BCUT2D eigenvalue weighted by Gasteiger charge is 2.15. The van der Waals surface area contributed by atoms with Crippen molar-refractivity contribution in [3.63, 3.8) is 0 Å². The summed E-state index contributed by atoms with van der Waals surface area (Å²) < 4.78 is 6.75. The number of oxazole rings is 1. The molecule has 0 aliphatic rings. The Bertz CT molecular complexity index is 782. The van der Waals surface area contributed by atoms with Crippen LogP contribution in [0.5, 0.6) is 0 Å². The Balaban J connectivity index is 2.27. The molecule has 5 heteroatoms. The fourth-order valence-corrected chi connectivity index (χ4v) is 2.59. The fraction of sp³-hybridized carbons (Fsp3) is 0.0714. The summed E-state index contributed by atoms with van der Waals surface area (Å²) in [6.07, 6.45) is 0. The first-order valence-electron chi connectivity index (χ1n) is 5.58. The second kappa shape index (κ2) is 4.82. The van der Waals surface area contributed by atoms with Crippen molar-refractivity contribution in [1.29, 1.82) is 0 Å². The first-order valence-corrected chi connectivity index (χ1v) is 7.13. The normalized spacial score (nSPS) is 11.2. The molecule has 0 saturated heterocycles. The van der Waals surface area contributed by atoms with Crippen LogP contribution < -0.4 is 0 Å². The third kappa shape index (κ3) is 2.16. The SMILES string of the molecule is Cc1c(Br)ccc2oc(-c3cccc(Cl)c3Cl)nc12. The lowest BCUT2D eigenvalue weighted by molar-refractivity contribution is 0.620. The van der Waals surface area contributed by atoms with Gasteiger partial charge in [0.15, 0.2) is 5.58 Å². The molecule has 96 valence electrons. The monoisotopic (exact) mass is 355 g/mol. The maximum atomic E-state index is 6.19. The summed E-state index contributed by atoms with van der Waals surface area (Å²) in [6.45, 7) is 1.98. The molecule has 3 aromatic rings. The fourth-order valence-electron chi connectivity index (χ4n) is 1.88. The van der Waals surface area contributed by atoms with E-state index in [0.29, 0.717) is 21.5 Å². The summed E-state index contributed by atoms with van der Waals surface area (Å²) in [7, 11) is 0. The molecular formula is C14H8BrCl2NO. The molecule has 0 fully saturated rings. The van der Waals surface area contributed by atoms with Crippen LogP contribution in [0.25, 0.3) is 22.6 Å². The summed E-state index contributed by atoms with van der Waals surface area (Å²) in [4.78, 5) is 4.51. The highest BCUT2D eigenvalue weighted by atomic mass is 79.9. The number of fused-ring (bicyclic) bond motifs is 1. The molecule has 0 saturated carbocycles. The smallest absolute Gasteiger partial charge is 0.228 e. The second-order valence-corrected chi connectivity index (χ2v) is 5.78. The lowest BCUT2D eigenvalue weighted by Crippen LogP contribution is -1.81. The first kappa shape index (κ1) is 13.0. The summed E-state index contributed by atoms with van der Waals surface area (Å²) >= 11 is 15.7. The topological polar surface area (TPSA) is 26.0 Å². The van der Waals surface area contributed by atoms with Crippen molar-refractivity contribution < 1.29 is 4.42 Å². The molecule has 19 heavy (non-hydrogen) atoms. The van der Waals surface area contributed by atoms with Gasteiger partial charge in [-0.15, -0.1) is 0 Å². The Hall–Kier alpha value is -1.03. The van der Waals surface area contributed by atoms with Crippen molar-refractivity contribution in [2.75, 3.05) is 0 Å². The number of halogens is 3. The van der Waals surface area contributed by atoms with Gasteiger partial charge in [0.1, 0.15) is 5.52 Å². The van der Waals surface area contributed by atoms with Crippen molar-refractivity contribution in [1.82, 2.24) is 4.98 Å². The average Bonchev–Trinajstić information content (AvgIpc) is 2.82. The van der Waals surface area contributed by atoms with Crippen LogP contribution in [-0.2, 0) is 0 Å². The molecular weight excluding hydrogens is 349 g/mol. The largest absolute Gasteiger partial charge is 0.436 e. The van der Waals surface area contributed by atoms with E-state index in [1.54, 1.807) is 6.07 Å². The van der Waals surface area contributed by atoms with Crippen molar-refractivity contribution in [2.45, 2.75) is 6.92 Å². The number of hydrogen-bond donors (Lipinski definition) is 0. The van der Waals surface area contributed by atoms with Gasteiger partial charge in [-0.2, -0.15) is 0 Å². The van der Waals surface area contributed by atoms with Crippen molar-refractivity contribution in [3.05, 3.63) is 50.4 Å². The predicted octanol–water partition coefficient (Wildman–Crippen LogP) is 5.87. The average molecular weight is 357 g/mol. The van der Waals surface area contributed by atoms with Gasteiger partial charge < -0.3 is 4.42 Å². The van der Waals surface area contributed by atoms with Gasteiger partial charge in [0.05, 0.1) is 15.6 Å². The van der Waals surface area contributed by atoms with E-state index in [2.05, 4.69) is 20.9 Å². The highest BCUT2D eigenvalue weighted by Crippen LogP contribution is 2.35. The van der Waals surface area contributed by atoms with Crippen LogP contribution in [0.4, 0.5) is 0 Å². The maximum absolute atomic E-state index is 6.19. The van der Waals surface area contributed by atoms with E-state index in [1.165, 1.54) is 0 Å². The number of aryl methyl sites for hydroxylation is 1. The van der Waals surface area contributed by atoms with Crippen LogP contribution in [0, 0.1) is 6.92 Å². The third-order valence-electron chi connectivity index (χ3n) is 2.93. The van der Waals surface area contributed by atoms with E-state index in [0.717, 1.165) is 21.1 Å². The second-order valence-electron chi connectivity index (χ2n) is 4.14. The molecule has 0 radical (unpaired) electrons. The van der Waals surface area contributed by atoms with Crippen LogP contribution >= 0.6 is 39.1 Å². The first-order chi connectivity index (χ1) is 9.08. The summed E-state index contributed by atoms with van der Waals surface area (Å²) in [5.74, 6) is 0.476. The number of rotatable bonds is 1. The Morgan fingerprint density at radius 3 is 2.74 bits per heavy atom. The molecule has 0 aliphatic carbocycles. The summed E-state index contributed by atoms with van der Waals surface area (Å²) in [5, 5.41) is 0.937. The molecule has 1 aromatic heterocycles. The van der Waals surface area contributed by atoms with Gasteiger partial charge in [-0.1, -0.05) is 45.2 Å². The van der Waals surface area contributed by atoms with Crippen LogP contribution in [0.1, 0.15) is 5.56 Å². The van der Waals surface area contributed by atoms with Crippen molar-refractivity contribution >= 4 is 50.2 Å². The minimum Gasteiger partial charge on any atom is -0.436 e. The Kier molecular flexibility index (Phi) is 3.29. The Labute approximate surface area is 128 Å². The van der Waals surface area contributed by atoms with Gasteiger partial charge in [0, 0.05) is 4.47 Å². The standard InChI is InChI=1S/C14H8BrCl2NO/c1-7-9(15)5-6-11-13(7)18-14(19-11)8-3-2-4-10(16)12(8)17/h2-6H,1H3. The number of hydrogen-bond acceptors (Lipinski definition) is 2. The molecule has 0 aliphatic heterocycles. The van der Waals surface area contributed by atoms with Crippen LogP contribution in [-0.4, -0.2) is 4.98 Å². The van der Waals surface area contributed by atoms with E-state index >= 15 is 0 Å². The number of benzene rings is 2. The van der Waals surface area contributed by atoms with Gasteiger partial charge in [-0.05, 0) is 36.8 Å². The lowest BCUT2D eigenvalue weighted by Gasteiger charge is -2.00. The van der Waals surface area contributed by atoms with E-state index in [-0.39, 0.29) is 0 Å². The molecule has 0 amide bonds. The Morgan fingerprint density at radius 1 is 1.16 bits per heavy atom. The Morgan fingerprint density at radius 2 is 1.95 bits per heavy atom. The summed E-state index contributed by atoms with van der Waals surface area (Å²) in [5.41, 5.74) is 3.28. The summed E-state index contributed by atoms with van der Waals surface area (Å²) in [6, 6.07) is 9.20. The van der Waals surface area contributed by atoms with E-state index in [9.17, 15) is 0 Å². The molecule has 0 atom stereocenters. The van der Waals surface area contributed by atoms with E-state index in [1.807, 2.05) is 31.2 Å². The predicted molar refractivity (Wildman–Crippen MR) is 81.9 cm³/mol. The van der Waals surface area contributed by atoms with Crippen molar-refractivity contribution in [3.8, 4) is 11.5 Å². The lowest BCUT2D eigenvalue weighted by atomic mass is 10.2. The van der Waals surface area contributed by atoms with Gasteiger partial charge in [0.25, 0.3) is 0 Å². The quantitative estimate of drug-likeness (QED) is 0.544. The molecule has 0 bridgehead atoms. The van der Waals surface area contributed by atoms with E-state index in [4.69, 9.17) is 27.6 Å². The minimum absolute atomic E-state index is 0.451. The minimum atomic E-state index is 0.451. The van der Waals surface area contributed by atoms with Crippen LogP contribution in [0.3, 0.4) is 0 Å². The molecule has 3 rings (SSSR count). The molecule has 0 N–H and O–H groups in total. The molecule has 2 aromatic carbocycles. The van der Waals surface area contributed by atoms with Gasteiger partial charge in [-0.25, -0.2) is 4.98 Å². The van der Waals surface area contributed by atoms with Gasteiger partial charge in [-0.3, -0.25) is 0 Å². The van der Waals surface area contributed by atoms with Crippen LogP contribution in [0.2, 0.25) is 10.0 Å².